The lowest BCUT2D eigenvalue weighted by Gasteiger charge is -2.23. The maximum Gasteiger partial charge on any atom is 0.236 e. The van der Waals surface area contributed by atoms with E-state index in [9.17, 15) is 5.11 Å². The van der Waals surface area contributed by atoms with Gasteiger partial charge >= 0.3 is 0 Å². The van der Waals surface area contributed by atoms with Crippen molar-refractivity contribution in [3.8, 4) is 10.8 Å². The second-order valence-electron chi connectivity index (χ2n) is 5.92. The van der Waals surface area contributed by atoms with Gasteiger partial charge in [-0.05, 0) is 36.7 Å². The van der Waals surface area contributed by atoms with E-state index in [0.717, 1.165) is 22.0 Å². The van der Waals surface area contributed by atoms with Crippen LogP contribution in [0.2, 0.25) is 0 Å². The van der Waals surface area contributed by atoms with Gasteiger partial charge < -0.3 is 20.2 Å². The van der Waals surface area contributed by atoms with E-state index < -0.39 is 5.60 Å². The molecule has 0 bridgehead atoms. The van der Waals surface area contributed by atoms with Gasteiger partial charge in [-0.15, -0.1) is 22.7 Å². The van der Waals surface area contributed by atoms with Gasteiger partial charge in [0.25, 0.3) is 0 Å². The molecule has 0 radical (unpaired) electrons. The third kappa shape index (κ3) is 4.72. The van der Waals surface area contributed by atoms with Gasteiger partial charge in [0.2, 0.25) is 5.89 Å². The fraction of sp³-hybridized carbons (Fsp3) is 0.333. The Morgan fingerprint density at radius 3 is 2.77 bits per heavy atom. The molecule has 8 heteroatoms. The molecular weight excluding hydrogens is 368 g/mol. The Morgan fingerprint density at radius 2 is 2.08 bits per heavy atom. The van der Waals surface area contributed by atoms with Crippen molar-refractivity contribution in [2.24, 2.45) is 4.99 Å². The van der Waals surface area contributed by atoms with Crippen LogP contribution in [0.1, 0.15) is 24.4 Å². The molecule has 3 heterocycles. The second kappa shape index (κ2) is 8.48. The van der Waals surface area contributed by atoms with Gasteiger partial charge in [-0.2, -0.15) is 0 Å². The fourth-order valence-corrected chi connectivity index (χ4v) is 3.77. The van der Waals surface area contributed by atoms with Crippen LogP contribution in [0.15, 0.2) is 50.7 Å². The highest BCUT2D eigenvalue weighted by atomic mass is 32.1. The van der Waals surface area contributed by atoms with Crippen molar-refractivity contribution < 1.29 is 9.52 Å². The molecule has 0 saturated carbocycles. The van der Waals surface area contributed by atoms with E-state index in [-0.39, 0.29) is 0 Å². The Labute approximate surface area is 160 Å². The number of aliphatic imine (C=N–C) groups is 1. The first kappa shape index (κ1) is 18.6. The van der Waals surface area contributed by atoms with E-state index in [2.05, 4.69) is 20.6 Å². The highest BCUT2D eigenvalue weighted by Gasteiger charge is 2.24. The number of nitrogens with one attached hydrogen (secondary N) is 2. The highest BCUT2D eigenvalue weighted by molar-refractivity contribution is 7.13. The quantitative estimate of drug-likeness (QED) is 0.425. The van der Waals surface area contributed by atoms with Gasteiger partial charge in [0.05, 0.1) is 18.0 Å². The topological polar surface area (TPSA) is 82.7 Å². The van der Waals surface area contributed by atoms with Crippen molar-refractivity contribution in [2.45, 2.75) is 26.0 Å². The highest BCUT2D eigenvalue weighted by Crippen LogP contribution is 2.25. The van der Waals surface area contributed by atoms with Crippen LogP contribution < -0.4 is 10.6 Å². The molecule has 1 atom stereocenters. The lowest BCUT2D eigenvalue weighted by atomic mass is 10.1. The number of oxazole rings is 1. The summed E-state index contributed by atoms with van der Waals surface area (Å²) in [6.07, 6.45) is 1.63. The van der Waals surface area contributed by atoms with Crippen molar-refractivity contribution in [3.63, 3.8) is 0 Å². The number of thiophene rings is 2. The minimum absolute atomic E-state index is 0.360. The zero-order valence-corrected chi connectivity index (χ0v) is 16.4. The summed E-state index contributed by atoms with van der Waals surface area (Å²) in [6, 6.07) is 7.80. The number of aromatic nitrogens is 1. The van der Waals surface area contributed by atoms with E-state index in [0.29, 0.717) is 24.9 Å². The van der Waals surface area contributed by atoms with E-state index in [1.807, 2.05) is 41.9 Å². The second-order valence-corrected chi connectivity index (χ2v) is 7.82. The number of hydrogen-bond donors (Lipinski definition) is 3. The summed E-state index contributed by atoms with van der Waals surface area (Å²) in [7, 11) is 0. The summed E-state index contributed by atoms with van der Waals surface area (Å²) in [4.78, 5) is 10.9. The van der Waals surface area contributed by atoms with Crippen LogP contribution in [0.5, 0.6) is 0 Å². The molecular formula is C18H22N4O2S2. The average Bonchev–Trinajstić information content (AvgIpc) is 3.39. The Hall–Kier alpha value is -2.16. The van der Waals surface area contributed by atoms with Crippen molar-refractivity contribution in [1.29, 1.82) is 0 Å². The van der Waals surface area contributed by atoms with Crippen molar-refractivity contribution in [3.05, 3.63) is 51.9 Å². The van der Waals surface area contributed by atoms with Crippen molar-refractivity contribution in [1.82, 2.24) is 15.6 Å². The first-order chi connectivity index (χ1) is 12.6. The molecule has 3 rings (SSSR count). The molecule has 0 aromatic carbocycles. The molecule has 0 fully saturated rings. The third-order valence-corrected chi connectivity index (χ3v) is 5.66. The number of aliphatic hydroxyl groups is 1. The minimum atomic E-state index is -0.954. The van der Waals surface area contributed by atoms with Crippen LogP contribution in [0.4, 0.5) is 0 Å². The molecule has 0 saturated heterocycles. The molecule has 0 aliphatic rings. The van der Waals surface area contributed by atoms with Gasteiger partial charge in [-0.1, -0.05) is 12.1 Å². The Bertz CT molecular complexity index is 823. The summed E-state index contributed by atoms with van der Waals surface area (Å²) in [5.74, 6) is 1.24. The predicted octanol–water partition coefficient (Wildman–Crippen LogP) is 3.43. The molecule has 0 aliphatic heterocycles. The van der Waals surface area contributed by atoms with Crippen LogP contribution in [0.3, 0.4) is 0 Å². The zero-order valence-electron chi connectivity index (χ0n) is 14.7. The molecule has 0 spiro atoms. The number of nitrogens with zero attached hydrogens (tertiary/aromatic N) is 2. The maximum absolute atomic E-state index is 10.6. The molecule has 26 heavy (non-hydrogen) atoms. The lowest BCUT2D eigenvalue weighted by molar-refractivity contribution is 0.0655. The standard InChI is InChI=1S/C18H22N4O2S2/c1-3-19-17(21-12-18(2,23)15-7-5-9-26-15)20-10-13-11-24-16(22-13)14-6-4-8-25-14/h4-9,11,23H,3,10,12H2,1-2H3,(H2,19,20,21). The van der Waals surface area contributed by atoms with Crippen molar-refractivity contribution in [2.75, 3.05) is 13.1 Å². The number of hydrogen-bond acceptors (Lipinski definition) is 6. The smallest absolute Gasteiger partial charge is 0.236 e. The van der Waals surface area contributed by atoms with Gasteiger partial charge in [-0.25, -0.2) is 9.98 Å². The average molecular weight is 391 g/mol. The van der Waals surface area contributed by atoms with Crippen LogP contribution in [-0.2, 0) is 12.1 Å². The Balaban J connectivity index is 1.62. The van der Waals surface area contributed by atoms with E-state index in [4.69, 9.17) is 4.42 Å². The van der Waals surface area contributed by atoms with E-state index >= 15 is 0 Å². The maximum atomic E-state index is 10.6. The number of rotatable bonds is 7. The Kier molecular flexibility index (Phi) is 6.08. The molecule has 3 aromatic rings. The summed E-state index contributed by atoms with van der Waals surface area (Å²) < 4.78 is 5.52. The van der Waals surface area contributed by atoms with Gasteiger partial charge in [0.1, 0.15) is 17.6 Å². The van der Waals surface area contributed by atoms with Gasteiger partial charge in [-0.3, -0.25) is 0 Å². The molecule has 1 unspecified atom stereocenters. The fourth-order valence-electron chi connectivity index (χ4n) is 2.32. The SMILES string of the molecule is CCNC(=NCc1coc(-c2cccs2)n1)NCC(C)(O)c1cccs1. The van der Waals surface area contributed by atoms with E-state index in [1.54, 1.807) is 24.5 Å². The number of guanidine groups is 1. The van der Waals surface area contributed by atoms with Gasteiger partial charge in [0.15, 0.2) is 5.96 Å². The van der Waals surface area contributed by atoms with Crippen LogP contribution in [0, 0.1) is 0 Å². The molecule has 0 aliphatic carbocycles. The largest absolute Gasteiger partial charge is 0.443 e. The zero-order chi connectivity index (χ0) is 18.4. The summed E-state index contributed by atoms with van der Waals surface area (Å²) >= 11 is 3.12. The first-order valence-corrected chi connectivity index (χ1v) is 10.1. The third-order valence-electron chi connectivity index (χ3n) is 3.68. The first-order valence-electron chi connectivity index (χ1n) is 8.35. The van der Waals surface area contributed by atoms with Crippen LogP contribution in [-0.4, -0.2) is 29.1 Å². The van der Waals surface area contributed by atoms with E-state index in [1.165, 1.54) is 11.3 Å². The molecule has 3 N–H and O–H groups in total. The molecule has 3 aromatic heterocycles. The van der Waals surface area contributed by atoms with Crippen molar-refractivity contribution >= 4 is 28.6 Å². The van der Waals surface area contributed by atoms with Crippen LogP contribution in [0.25, 0.3) is 10.8 Å². The summed E-state index contributed by atoms with van der Waals surface area (Å²) in [6.45, 7) is 5.27. The monoisotopic (exact) mass is 390 g/mol. The Morgan fingerprint density at radius 1 is 1.27 bits per heavy atom. The molecule has 0 amide bonds. The summed E-state index contributed by atoms with van der Waals surface area (Å²) in [5, 5.41) is 20.9. The molecule has 138 valence electrons. The minimum Gasteiger partial charge on any atom is -0.443 e. The van der Waals surface area contributed by atoms with Crippen LogP contribution >= 0.6 is 22.7 Å². The summed E-state index contributed by atoms with van der Waals surface area (Å²) in [5.41, 5.74) is -0.194. The molecule has 6 nitrogen and oxygen atoms in total. The predicted molar refractivity (Wildman–Crippen MR) is 107 cm³/mol. The normalized spacial score (nSPS) is 14.2. The lowest BCUT2D eigenvalue weighted by Crippen LogP contribution is -2.44. The van der Waals surface area contributed by atoms with Gasteiger partial charge in [0, 0.05) is 11.4 Å².